The number of hydrogen-bond donors (Lipinski definition) is 1. The maximum absolute atomic E-state index is 13.2. The predicted molar refractivity (Wildman–Crippen MR) is 88.0 cm³/mol. The van der Waals surface area contributed by atoms with E-state index >= 15 is 0 Å². The lowest BCUT2D eigenvalue weighted by atomic mass is 9.92. The summed E-state index contributed by atoms with van der Waals surface area (Å²) in [5.74, 6) is -0.321. The molecule has 0 aliphatic carbocycles. The van der Waals surface area contributed by atoms with Gasteiger partial charge in [0.25, 0.3) is 0 Å². The quantitative estimate of drug-likeness (QED) is 0.698. The Morgan fingerprint density at radius 2 is 1.73 bits per heavy atom. The zero-order chi connectivity index (χ0) is 15.7. The molecule has 1 aliphatic rings. The molecular formula is C17H15FN2OS. The summed E-state index contributed by atoms with van der Waals surface area (Å²) in [6.45, 7) is 0. The molecule has 2 aromatic rings. The third-order valence-corrected chi connectivity index (χ3v) is 4.92. The van der Waals surface area contributed by atoms with Crippen LogP contribution < -0.4 is 5.73 Å². The molecule has 5 heteroatoms. The largest absolute Gasteiger partial charge is 0.303 e. The van der Waals surface area contributed by atoms with E-state index in [9.17, 15) is 9.18 Å². The molecule has 0 amide bonds. The van der Waals surface area contributed by atoms with Crippen molar-refractivity contribution in [3.05, 3.63) is 71.5 Å². The fraction of sp³-hybridized carbons (Fsp3) is 0.118. The van der Waals surface area contributed by atoms with Crippen LogP contribution in [0.15, 0.2) is 54.6 Å². The molecule has 0 aromatic heterocycles. The van der Waals surface area contributed by atoms with E-state index < -0.39 is 5.66 Å². The normalized spacial score (nSPS) is 22.1. The standard InChI is InChI=1S/C17H15FN2OS/c1-20-17(19,11-21)15(12-7-9-14(18)10-8-12)16(22-20)13-5-3-2-4-6-13/h2-11H,19H2,1H3. The number of aldehydes is 1. The highest BCUT2D eigenvalue weighted by Gasteiger charge is 2.44. The second kappa shape index (κ2) is 5.68. The average Bonchev–Trinajstić information content (AvgIpc) is 2.82. The van der Waals surface area contributed by atoms with Crippen LogP contribution in [-0.2, 0) is 4.79 Å². The zero-order valence-corrected chi connectivity index (χ0v) is 12.8. The van der Waals surface area contributed by atoms with Gasteiger partial charge in [0.1, 0.15) is 5.82 Å². The van der Waals surface area contributed by atoms with E-state index in [1.54, 1.807) is 23.5 Å². The van der Waals surface area contributed by atoms with Crippen molar-refractivity contribution >= 4 is 28.7 Å². The summed E-state index contributed by atoms with van der Waals surface area (Å²) < 4.78 is 14.9. The van der Waals surface area contributed by atoms with Gasteiger partial charge in [-0.2, -0.15) is 0 Å². The van der Waals surface area contributed by atoms with Crippen molar-refractivity contribution < 1.29 is 9.18 Å². The molecule has 0 saturated heterocycles. The minimum Gasteiger partial charge on any atom is -0.303 e. The molecule has 1 heterocycles. The first kappa shape index (κ1) is 15.0. The van der Waals surface area contributed by atoms with Gasteiger partial charge in [-0.15, -0.1) is 0 Å². The fourth-order valence-electron chi connectivity index (χ4n) is 2.50. The van der Waals surface area contributed by atoms with Crippen molar-refractivity contribution in [2.75, 3.05) is 7.05 Å². The van der Waals surface area contributed by atoms with Crippen molar-refractivity contribution in [3.8, 4) is 0 Å². The fourth-order valence-corrected chi connectivity index (χ4v) is 3.67. The van der Waals surface area contributed by atoms with E-state index in [-0.39, 0.29) is 5.82 Å². The molecule has 0 bridgehead atoms. The molecule has 22 heavy (non-hydrogen) atoms. The van der Waals surface area contributed by atoms with Crippen LogP contribution in [0.2, 0.25) is 0 Å². The Bertz CT molecular complexity index is 730. The van der Waals surface area contributed by atoms with Gasteiger partial charge in [-0.3, -0.25) is 4.79 Å². The Balaban J connectivity index is 2.24. The van der Waals surface area contributed by atoms with Crippen LogP contribution >= 0.6 is 11.9 Å². The van der Waals surface area contributed by atoms with E-state index in [0.29, 0.717) is 5.57 Å². The highest BCUT2D eigenvalue weighted by Crippen LogP contribution is 2.49. The Morgan fingerprint density at radius 3 is 2.32 bits per heavy atom. The van der Waals surface area contributed by atoms with E-state index in [2.05, 4.69) is 0 Å². The van der Waals surface area contributed by atoms with Gasteiger partial charge >= 0.3 is 0 Å². The van der Waals surface area contributed by atoms with Crippen LogP contribution in [-0.4, -0.2) is 23.3 Å². The maximum atomic E-state index is 13.2. The number of nitrogens with two attached hydrogens (primary N) is 1. The smallest absolute Gasteiger partial charge is 0.163 e. The number of hydrogen-bond acceptors (Lipinski definition) is 4. The van der Waals surface area contributed by atoms with Crippen molar-refractivity contribution in [3.63, 3.8) is 0 Å². The average molecular weight is 314 g/mol. The number of carbonyl (C=O) groups is 1. The summed E-state index contributed by atoms with van der Waals surface area (Å²) >= 11 is 1.42. The topological polar surface area (TPSA) is 46.3 Å². The number of likely N-dealkylation sites (N-methyl/N-ethyl adjacent to an activating group) is 1. The maximum Gasteiger partial charge on any atom is 0.163 e. The molecule has 2 aromatic carbocycles. The highest BCUT2D eigenvalue weighted by atomic mass is 32.2. The van der Waals surface area contributed by atoms with Crippen molar-refractivity contribution in [2.24, 2.45) is 5.73 Å². The third kappa shape index (κ3) is 2.37. The van der Waals surface area contributed by atoms with Crippen molar-refractivity contribution in [1.82, 2.24) is 4.31 Å². The minimum atomic E-state index is -1.24. The molecule has 3 rings (SSSR count). The summed E-state index contributed by atoms with van der Waals surface area (Å²) in [5, 5.41) is 0. The summed E-state index contributed by atoms with van der Waals surface area (Å²) in [7, 11) is 1.78. The molecular weight excluding hydrogens is 299 g/mol. The van der Waals surface area contributed by atoms with Crippen LogP contribution in [0.1, 0.15) is 11.1 Å². The van der Waals surface area contributed by atoms with Gasteiger partial charge in [0.2, 0.25) is 0 Å². The Morgan fingerprint density at radius 1 is 1.09 bits per heavy atom. The van der Waals surface area contributed by atoms with Crippen LogP contribution in [0.3, 0.4) is 0 Å². The predicted octanol–water partition coefficient (Wildman–Crippen LogP) is 3.14. The second-order valence-electron chi connectivity index (χ2n) is 5.11. The number of nitrogens with zero attached hydrogens (tertiary/aromatic N) is 1. The van der Waals surface area contributed by atoms with Crippen molar-refractivity contribution in [2.45, 2.75) is 5.66 Å². The first-order chi connectivity index (χ1) is 10.6. The summed E-state index contributed by atoms with van der Waals surface area (Å²) in [4.78, 5) is 12.6. The zero-order valence-electron chi connectivity index (χ0n) is 12.0. The summed E-state index contributed by atoms with van der Waals surface area (Å²) in [6.07, 6.45) is 0.731. The van der Waals surface area contributed by atoms with Gasteiger partial charge in [-0.05, 0) is 35.2 Å². The SMILES string of the molecule is CN1SC(c2ccccc2)=C(c2ccc(F)cc2)C1(N)C=O. The van der Waals surface area contributed by atoms with Gasteiger partial charge in [-0.25, -0.2) is 8.70 Å². The Labute approximate surface area is 132 Å². The van der Waals surface area contributed by atoms with Gasteiger partial charge < -0.3 is 5.73 Å². The van der Waals surface area contributed by atoms with Gasteiger partial charge in [0, 0.05) is 17.5 Å². The third-order valence-electron chi connectivity index (χ3n) is 3.73. The number of benzene rings is 2. The number of halogens is 1. The molecule has 1 unspecified atom stereocenters. The van der Waals surface area contributed by atoms with Crippen LogP contribution in [0.5, 0.6) is 0 Å². The van der Waals surface area contributed by atoms with E-state index in [1.807, 2.05) is 30.3 Å². The molecule has 0 spiro atoms. The van der Waals surface area contributed by atoms with E-state index in [1.165, 1.54) is 24.1 Å². The summed E-state index contributed by atoms with van der Waals surface area (Å²) in [5.41, 5.74) is 7.50. The second-order valence-corrected chi connectivity index (χ2v) is 6.25. The first-order valence-corrected chi connectivity index (χ1v) is 7.57. The summed E-state index contributed by atoms with van der Waals surface area (Å²) in [6, 6.07) is 15.8. The van der Waals surface area contributed by atoms with Gasteiger partial charge in [-0.1, -0.05) is 42.5 Å². The molecule has 0 saturated carbocycles. The first-order valence-electron chi connectivity index (χ1n) is 6.79. The molecule has 2 N–H and O–H groups in total. The van der Waals surface area contributed by atoms with Crippen LogP contribution in [0.25, 0.3) is 10.5 Å². The molecule has 0 radical (unpaired) electrons. The molecule has 112 valence electrons. The lowest BCUT2D eigenvalue weighted by Gasteiger charge is -2.27. The lowest BCUT2D eigenvalue weighted by molar-refractivity contribution is -0.112. The molecule has 1 aliphatic heterocycles. The highest BCUT2D eigenvalue weighted by molar-refractivity contribution is 8.06. The molecule has 1 atom stereocenters. The van der Waals surface area contributed by atoms with Crippen LogP contribution in [0.4, 0.5) is 4.39 Å². The molecule has 3 nitrogen and oxygen atoms in total. The van der Waals surface area contributed by atoms with Crippen LogP contribution in [0, 0.1) is 5.82 Å². The lowest BCUT2D eigenvalue weighted by Crippen LogP contribution is -2.51. The number of rotatable bonds is 3. The Hall–Kier alpha value is -1.95. The Kier molecular flexibility index (Phi) is 3.87. The van der Waals surface area contributed by atoms with Crippen molar-refractivity contribution in [1.29, 1.82) is 0 Å². The number of carbonyl (C=O) groups excluding carboxylic acids is 1. The van der Waals surface area contributed by atoms with E-state index in [4.69, 9.17) is 5.73 Å². The van der Waals surface area contributed by atoms with Gasteiger partial charge in [0.05, 0.1) is 0 Å². The minimum absolute atomic E-state index is 0.321. The molecule has 0 fully saturated rings. The van der Waals surface area contributed by atoms with Gasteiger partial charge in [0.15, 0.2) is 11.9 Å². The van der Waals surface area contributed by atoms with E-state index in [0.717, 1.165) is 22.3 Å². The monoisotopic (exact) mass is 314 g/mol.